The van der Waals surface area contributed by atoms with Gasteiger partial charge < -0.3 is 5.73 Å². The maximum absolute atomic E-state index is 12.0. The molecule has 0 unspecified atom stereocenters. The molecular formula is C13H21N3O2S. The molecule has 0 radical (unpaired) electrons. The van der Waals surface area contributed by atoms with Crippen LogP contribution in [-0.2, 0) is 23.2 Å². The van der Waals surface area contributed by atoms with Gasteiger partial charge in [-0.2, -0.15) is 17.4 Å². The van der Waals surface area contributed by atoms with Gasteiger partial charge in [-0.05, 0) is 36.9 Å². The first-order chi connectivity index (χ1) is 9.12. The number of hydrogen-bond donors (Lipinski definition) is 2. The van der Waals surface area contributed by atoms with Crippen LogP contribution in [0.4, 0.5) is 0 Å². The minimum atomic E-state index is -3.32. The fraction of sp³-hybridized carbons (Fsp3) is 0.538. The predicted molar refractivity (Wildman–Crippen MR) is 75.8 cm³/mol. The van der Waals surface area contributed by atoms with E-state index in [2.05, 4.69) is 4.72 Å². The van der Waals surface area contributed by atoms with Gasteiger partial charge in [0.05, 0.1) is 0 Å². The second-order valence-corrected chi connectivity index (χ2v) is 6.54. The molecule has 1 aliphatic rings. The van der Waals surface area contributed by atoms with E-state index in [1.54, 1.807) is 0 Å². The fourth-order valence-corrected chi connectivity index (χ4v) is 3.46. The maximum Gasteiger partial charge on any atom is 0.279 e. The monoisotopic (exact) mass is 283 g/mol. The quantitative estimate of drug-likeness (QED) is 0.803. The van der Waals surface area contributed by atoms with Gasteiger partial charge in [-0.3, -0.25) is 0 Å². The van der Waals surface area contributed by atoms with Gasteiger partial charge in [-0.15, -0.1) is 0 Å². The van der Waals surface area contributed by atoms with Crippen molar-refractivity contribution in [1.82, 2.24) is 9.03 Å². The molecule has 1 heterocycles. The molecule has 0 aliphatic carbocycles. The molecule has 0 atom stereocenters. The van der Waals surface area contributed by atoms with Gasteiger partial charge in [0, 0.05) is 19.6 Å². The molecule has 6 heteroatoms. The minimum Gasteiger partial charge on any atom is -0.330 e. The summed E-state index contributed by atoms with van der Waals surface area (Å²) in [5.41, 5.74) is 7.62. The van der Waals surface area contributed by atoms with Crippen LogP contribution in [0.3, 0.4) is 0 Å². The molecule has 1 aliphatic heterocycles. The molecule has 5 nitrogen and oxygen atoms in total. The molecule has 1 aromatic carbocycles. The molecule has 106 valence electrons. The normalized spacial score (nSPS) is 16.9. The smallest absolute Gasteiger partial charge is 0.279 e. The summed E-state index contributed by atoms with van der Waals surface area (Å²) in [4.78, 5) is 0. The van der Waals surface area contributed by atoms with Gasteiger partial charge in [0.2, 0.25) is 0 Å². The predicted octanol–water partition coefficient (Wildman–Crippen LogP) is 0.618. The van der Waals surface area contributed by atoms with Crippen molar-refractivity contribution in [2.45, 2.75) is 25.8 Å². The van der Waals surface area contributed by atoms with Crippen LogP contribution < -0.4 is 10.5 Å². The summed E-state index contributed by atoms with van der Waals surface area (Å²) in [5.74, 6) is 0. The standard InChI is InChI=1S/C13H21N3O2S/c14-8-7-12-3-5-13(6-4-12)11-15-19(17,18)16-9-1-2-10-16/h3-6,15H,1-2,7-11,14H2. The van der Waals surface area contributed by atoms with E-state index in [9.17, 15) is 8.42 Å². The highest BCUT2D eigenvalue weighted by Gasteiger charge is 2.24. The summed E-state index contributed by atoms with van der Waals surface area (Å²) in [6, 6.07) is 7.87. The summed E-state index contributed by atoms with van der Waals surface area (Å²) in [6.45, 7) is 2.22. The first-order valence-corrected chi connectivity index (χ1v) is 8.08. The van der Waals surface area contributed by atoms with E-state index in [1.165, 1.54) is 9.87 Å². The van der Waals surface area contributed by atoms with E-state index in [1.807, 2.05) is 24.3 Å². The lowest BCUT2D eigenvalue weighted by molar-refractivity contribution is 0.464. The van der Waals surface area contributed by atoms with Gasteiger partial charge in [-0.25, -0.2) is 0 Å². The second kappa shape index (κ2) is 6.47. The Morgan fingerprint density at radius 1 is 1.11 bits per heavy atom. The number of benzene rings is 1. The van der Waals surface area contributed by atoms with Crippen LogP contribution in [0.15, 0.2) is 24.3 Å². The Labute approximate surface area is 115 Å². The maximum atomic E-state index is 12.0. The van der Waals surface area contributed by atoms with Crippen molar-refractivity contribution in [2.75, 3.05) is 19.6 Å². The Kier molecular flexibility index (Phi) is 4.93. The number of nitrogens with two attached hydrogens (primary N) is 1. The molecule has 0 saturated carbocycles. The van der Waals surface area contributed by atoms with Crippen LogP contribution in [0.5, 0.6) is 0 Å². The van der Waals surface area contributed by atoms with Crippen LogP contribution in [0.2, 0.25) is 0 Å². The van der Waals surface area contributed by atoms with Crippen molar-refractivity contribution >= 4 is 10.2 Å². The number of rotatable bonds is 6. The zero-order valence-electron chi connectivity index (χ0n) is 11.0. The molecule has 0 bridgehead atoms. The van der Waals surface area contributed by atoms with Crippen LogP contribution in [0.25, 0.3) is 0 Å². The third kappa shape index (κ3) is 4.01. The SMILES string of the molecule is NCCc1ccc(CNS(=O)(=O)N2CCCC2)cc1. The third-order valence-corrected chi connectivity index (χ3v) is 4.87. The Hall–Kier alpha value is -0.950. The highest BCUT2D eigenvalue weighted by atomic mass is 32.2. The molecular weight excluding hydrogens is 262 g/mol. The lowest BCUT2D eigenvalue weighted by Crippen LogP contribution is -2.38. The highest BCUT2D eigenvalue weighted by Crippen LogP contribution is 2.12. The van der Waals surface area contributed by atoms with Crippen molar-refractivity contribution in [3.05, 3.63) is 35.4 Å². The summed E-state index contributed by atoms with van der Waals surface area (Å²) in [7, 11) is -3.32. The van der Waals surface area contributed by atoms with Crippen LogP contribution in [-0.4, -0.2) is 32.4 Å². The zero-order chi connectivity index (χ0) is 13.7. The Morgan fingerprint density at radius 2 is 1.68 bits per heavy atom. The van der Waals surface area contributed by atoms with Gasteiger partial charge >= 0.3 is 0 Å². The van der Waals surface area contributed by atoms with Crippen LogP contribution in [0, 0.1) is 0 Å². The molecule has 1 aromatic rings. The lowest BCUT2D eigenvalue weighted by atomic mass is 10.1. The van der Waals surface area contributed by atoms with E-state index in [0.29, 0.717) is 26.2 Å². The Bertz CT molecular complexity index is 493. The molecule has 3 N–H and O–H groups in total. The van der Waals surface area contributed by atoms with Crippen LogP contribution in [0.1, 0.15) is 24.0 Å². The van der Waals surface area contributed by atoms with E-state index >= 15 is 0 Å². The summed E-state index contributed by atoms with van der Waals surface area (Å²) in [5, 5.41) is 0. The first kappa shape index (κ1) is 14.5. The summed E-state index contributed by atoms with van der Waals surface area (Å²) < 4.78 is 28.1. The molecule has 1 saturated heterocycles. The van der Waals surface area contributed by atoms with Crippen molar-refractivity contribution in [3.63, 3.8) is 0 Å². The molecule has 2 rings (SSSR count). The Balaban J connectivity index is 1.90. The zero-order valence-corrected chi connectivity index (χ0v) is 11.8. The van der Waals surface area contributed by atoms with Crippen molar-refractivity contribution in [3.8, 4) is 0 Å². The molecule has 0 amide bonds. The van der Waals surface area contributed by atoms with Crippen molar-refractivity contribution in [1.29, 1.82) is 0 Å². The van der Waals surface area contributed by atoms with Gasteiger partial charge in [-0.1, -0.05) is 24.3 Å². The number of hydrogen-bond acceptors (Lipinski definition) is 3. The molecule has 1 fully saturated rings. The largest absolute Gasteiger partial charge is 0.330 e. The highest BCUT2D eigenvalue weighted by molar-refractivity contribution is 7.87. The van der Waals surface area contributed by atoms with Crippen molar-refractivity contribution in [2.24, 2.45) is 5.73 Å². The van der Waals surface area contributed by atoms with E-state index in [4.69, 9.17) is 5.73 Å². The Morgan fingerprint density at radius 3 is 2.26 bits per heavy atom. The van der Waals surface area contributed by atoms with E-state index < -0.39 is 10.2 Å². The topological polar surface area (TPSA) is 75.4 Å². The first-order valence-electron chi connectivity index (χ1n) is 6.64. The lowest BCUT2D eigenvalue weighted by Gasteiger charge is -2.16. The van der Waals surface area contributed by atoms with E-state index in [-0.39, 0.29) is 0 Å². The average Bonchev–Trinajstić information content (AvgIpc) is 2.93. The number of nitrogens with one attached hydrogen (secondary N) is 1. The molecule has 0 aromatic heterocycles. The van der Waals surface area contributed by atoms with Gasteiger partial charge in [0.25, 0.3) is 10.2 Å². The third-order valence-electron chi connectivity index (χ3n) is 3.32. The average molecular weight is 283 g/mol. The van der Waals surface area contributed by atoms with E-state index in [0.717, 1.165) is 24.8 Å². The van der Waals surface area contributed by atoms with Gasteiger partial charge in [0.1, 0.15) is 0 Å². The summed E-state index contributed by atoms with van der Waals surface area (Å²) >= 11 is 0. The molecule has 19 heavy (non-hydrogen) atoms. The van der Waals surface area contributed by atoms with Gasteiger partial charge in [0.15, 0.2) is 0 Å². The fourth-order valence-electron chi connectivity index (χ4n) is 2.18. The molecule has 0 spiro atoms. The minimum absolute atomic E-state index is 0.335. The van der Waals surface area contributed by atoms with Crippen molar-refractivity contribution < 1.29 is 8.42 Å². The van der Waals surface area contributed by atoms with Crippen LogP contribution >= 0.6 is 0 Å². The second-order valence-electron chi connectivity index (χ2n) is 4.79. The number of nitrogens with zero attached hydrogens (tertiary/aromatic N) is 1. The summed E-state index contributed by atoms with van der Waals surface area (Å²) in [6.07, 6.45) is 2.75.